The molecule has 2 aliphatic rings. The van der Waals surface area contributed by atoms with Crippen molar-refractivity contribution in [3.8, 4) is 0 Å². The van der Waals surface area contributed by atoms with E-state index in [0.717, 1.165) is 18.5 Å². The number of β-lactam (4-membered cyclic amide) rings is 1. The molecule has 2 amide bonds. The van der Waals surface area contributed by atoms with E-state index in [1.165, 1.54) is 29.1 Å². The topological polar surface area (TPSA) is 161 Å². The maximum atomic E-state index is 13.1. The molecule has 5 rings (SSSR count). The quantitative estimate of drug-likeness (QED) is 0.101. The van der Waals surface area contributed by atoms with Crippen LogP contribution in [-0.4, -0.2) is 69.9 Å². The van der Waals surface area contributed by atoms with E-state index in [4.69, 9.17) is 15.2 Å². The highest BCUT2D eigenvalue weighted by atomic mass is 32.2. The highest BCUT2D eigenvalue weighted by Gasteiger charge is 2.54. The van der Waals surface area contributed by atoms with Gasteiger partial charge in [0.1, 0.15) is 30.3 Å². The molecule has 0 saturated carbocycles. The Hall–Kier alpha value is -4.94. The van der Waals surface area contributed by atoms with Gasteiger partial charge in [-0.1, -0.05) is 96.2 Å². The molecule has 234 valence electrons. The molecule has 0 radical (unpaired) electrons. The fraction of sp³-hybridized carbons (Fsp3) is 0.242. The predicted molar refractivity (Wildman–Crippen MR) is 169 cm³/mol. The predicted octanol–water partition coefficient (Wildman–Crippen LogP) is 3.01. The summed E-state index contributed by atoms with van der Waals surface area (Å²) < 4.78 is 10.5. The van der Waals surface area contributed by atoms with Crippen LogP contribution in [0.3, 0.4) is 0 Å². The number of oxime groups is 1. The van der Waals surface area contributed by atoms with E-state index in [1.807, 2.05) is 36.4 Å². The zero-order chi connectivity index (χ0) is 32.2. The van der Waals surface area contributed by atoms with Crippen LogP contribution in [0.15, 0.2) is 107 Å². The molecule has 12 heteroatoms. The Bertz CT molecular complexity index is 1550. The smallest absolute Gasteiger partial charge is 0.355 e. The summed E-state index contributed by atoms with van der Waals surface area (Å²) in [5, 5.41) is 14.5. The SMILES string of the molecule is CC(=O)OCC1=C(C(=O)OCc2ccccc2)N2C(=O)[C@@H](NC(=O)/C(=N/O)c3ccccc3)[C@H]2SC1.NCCc1ccccc1. The van der Waals surface area contributed by atoms with E-state index in [1.54, 1.807) is 42.5 Å². The first-order valence-electron chi connectivity index (χ1n) is 14.2. The third-order valence-electron chi connectivity index (χ3n) is 6.83. The van der Waals surface area contributed by atoms with Gasteiger partial charge < -0.3 is 25.7 Å². The van der Waals surface area contributed by atoms with Crippen molar-refractivity contribution in [3.05, 3.63) is 119 Å². The lowest BCUT2D eigenvalue weighted by Crippen LogP contribution is -2.71. The maximum Gasteiger partial charge on any atom is 0.355 e. The molecule has 11 nitrogen and oxygen atoms in total. The Labute approximate surface area is 265 Å². The lowest BCUT2D eigenvalue weighted by Gasteiger charge is -2.49. The normalized spacial score (nSPS) is 17.2. The van der Waals surface area contributed by atoms with E-state index >= 15 is 0 Å². The van der Waals surface area contributed by atoms with Crippen LogP contribution in [0.2, 0.25) is 0 Å². The molecule has 1 saturated heterocycles. The molecule has 0 unspecified atom stereocenters. The number of nitrogens with one attached hydrogen (secondary N) is 1. The van der Waals surface area contributed by atoms with Crippen LogP contribution >= 0.6 is 11.8 Å². The first kappa shape index (κ1) is 33.0. The van der Waals surface area contributed by atoms with Crippen molar-refractivity contribution >= 4 is 41.2 Å². The van der Waals surface area contributed by atoms with E-state index in [9.17, 15) is 24.4 Å². The lowest BCUT2D eigenvalue weighted by atomic mass is 10.0. The third kappa shape index (κ3) is 8.58. The Morgan fingerprint density at radius 2 is 1.53 bits per heavy atom. The van der Waals surface area contributed by atoms with Gasteiger partial charge in [-0.15, -0.1) is 11.8 Å². The van der Waals surface area contributed by atoms with Crippen LogP contribution in [0.4, 0.5) is 0 Å². The Kier molecular flexibility index (Phi) is 11.9. The average Bonchev–Trinajstić information content (AvgIpc) is 3.07. The van der Waals surface area contributed by atoms with Crippen molar-refractivity contribution < 1.29 is 33.9 Å². The van der Waals surface area contributed by atoms with Gasteiger partial charge in [-0.25, -0.2) is 4.79 Å². The maximum absolute atomic E-state index is 13.1. The van der Waals surface area contributed by atoms with Crippen LogP contribution < -0.4 is 11.1 Å². The summed E-state index contributed by atoms with van der Waals surface area (Å²) >= 11 is 1.31. The van der Waals surface area contributed by atoms with Gasteiger partial charge in [0.15, 0.2) is 5.71 Å². The second kappa shape index (κ2) is 16.2. The number of rotatable bonds is 10. The van der Waals surface area contributed by atoms with E-state index in [-0.39, 0.29) is 30.4 Å². The van der Waals surface area contributed by atoms with Crippen molar-refractivity contribution in [2.75, 3.05) is 18.9 Å². The monoisotopic (exact) mass is 630 g/mol. The largest absolute Gasteiger partial charge is 0.461 e. The molecular formula is C33H34N4O7S. The summed E-state index contributed by atoms with van der Waals surface area (Å²) in [6, 6.07) is 26.7. The molecule has 2 heterocycles. The molecule has 3 aromatic carbocycles. The average molecular weight is 631 g/mol. The number of thioether (sulfide) groups is 1. The Morgan fingerprint density at radius 1 is 0.933 bits per heavy atom. The second-order valence-corrected chi connectivity index (χ2v) is 11.1. The molecule has 4 N–H and O–H groups in total. The Morgan fingerprint density at radius 3 is 2.11 bits per heavy atom. The molecule has 0 aliphatic carbocycles. The van der Waals surface area contributed by atoms with Crippen molar-refractivity contribution in [1.82, 2.24) is 10.2 Å². The number of ether oxygens (including phenoxy) is 2. The number of esters is 2. The molecule has 45 heavy (non-hydrogen) atoms. The van der Waals surface area contributed by atoms with E-state index < -0.39 is 35.2 Å². The molecule has 3 aromatic rings. The standard InChI is InChI=1S/C25H23N3O7S.C8H11N/c1-15(29)34-13-18-14-36-24-20(26-22(30)19(27-33)17-10-6-3-7-11-17)23(31)28(24)21(18)25(32)35-12-16-8-4-2-5-9-16;9-7-6-8-4-2-1-3-5-8/h2-11,20,24,33H,12-14H2,1H3,(H,26,30);1-5H,6-7,9H2/b27-19+;/t20-,24-;/m1./s1. The van der Waals surface area contributed by atoms with E-state index in [0.29, 0.717) is 11.1 Å². The summed E-state index contributed by atoms with van der Waals surface area (Å²) in [5.41, 5.74) is 8.03. The zero-order valence-electron chi connectivity index (χ0n) is 24.6. The third-order valence-corrected chi connectivity index (χ3v) is 8.17. The minimum Gasteiger partial charge on any atom is -0.461 e. The number of amides is 2. The first-order valence-corrected chi connectivity index (χ1v) is 15.2. The number of hydrogen-bond acceptors (Lipinski definition) is 10. The van der Waals surface area contributed by atoms with Gasteiger partial charge in [-0.05, 0) is 24.1 Å². The van der Waals surface area contributed by atoms with E-state index in [2.05, 4.69) is 22.6 Å². The van der Waals surface area contributed by atoms with Gasteiger partial charge in [0, 0.05) is 23.8 Å². The van der Waals surface area contributed by atoms with Crippen LogP contribution in [0.5, 0.6) is 0 Å². The number of fused-ring (bicyclic) bond motifs is 1. The summed E-state index contributed by atoms with van der Waals surface area (Å²) in [5.74, 6) is -2.23. The minimum absolute atomic E-state index is 0.00256. The van der Waals surface area contributed by atoms with Gasteiger partial charge >= 0.3 is 11.9 Å². The van der Waals surface area contributed by atoms with Gasteiger partial charge in [0.25, 0.3) is 11.8 Å². The van der Waals surface area contributed by atoms with Gasteiger partial charge in [-0.2, -0.15) is 0 Å². The van der Waals surface area contributed by atoms with Crippen molar-refractivity contribution in [2.45, 2.75) is 31.4 Å². The molecule has 0 spiro atoms. The number of carbonyl (C=O) groups is 4. The summed E-state index contributed by atoms with van der Waals surface area (Å²) in [6.45, 7) is 1.82. The lowest BCUT2D eigenvalue weighted by molar-refractivity contribution is -0.153. The molecule has 2 aliphatic heterocycles. The van der Waals surface area contributed by atoms with Crippen LogP contribution in [0.25, 0.3) is 0 Å². The van der Waals surface area contributed by atoms with Gasteiger partial charge in [-0.3, -0.25) is 19.3 Å². The number of benzene rings is 3. The highest BCUT2D eigenvalue weighted by Crippen LogP contribution is 2.41. The van der Waals surface area contributed by atoms with Crippen LogP contribution in [0.1, 0.15) is 23.6 Å². The summed E-state index contributed by atoms with van der Waals surface area (Å²) in [6.07, 6.45) is 0.987. The number of nitrogens with zero attached hydrogens (tertiary/aromatic N) is 2. The van der Waals surface area contributed by atoms with Crippen molar-refractivity contribution in [2.24, 2.45) is 10.9 Å². The second-order valence-electron chi connectivity index (χ2n) is 9.99. The van der Waals surface area contributed by atoms with Crippen molar-refractivity contribution in [3.63, 3.8) is 0 Å². The number of nitrogens with two attached hydrogens (primary N) is 1. The molecule has 0 bridgehead atoms. The Balaban J connectivity index is 0.000000440. The van der Waals surface area contributed by atoms with Gasteiger partial charge in [0.05, 0.1) is 0 Å². The highest BCUT2D eigenvalue weighted by molar-refractivity contribution is 8.00. The zero-order valence-corrected chi connectivity index (χ0v) is 25.4. The number of carbonyl (C=O) groups excluding carboxylic acids is 4. The molecule has 1 fully saturated rings. The number of hydrogen-bond donors (Lipinski definition) is 3. The molecule has 0 aromatic heterocycles. The van der Waals surface area contributed by atoms with Crippen LogP contribution in [-0.2, 0) is 41.7 Å². The fourth-order valence-electron chi connectivity index (χ4n) is 4.61. The minimum atomic E-state index is -0.949. The summed E-state index contributed by atoms with van der Waals surface area (Å²) in [4.78, 5) is 51.5. The fourth-order valence-corrected chi connectivity index (χ4v) is 5.94. The van der Waals surface area contributed by atoms with Gasteiger partial charge in [0.2, 0.25) is 0 Å². The van der Waals surface area contributed by atoms with Crippen LogP contribution in [0, 0.1) is 0 Å². The first-order chi connectivity index (χ1) is 21.8. The molecule has 2 atom stereocenters. The summed E-state index contributed by atoms with van der Waals surface area (Å²) in [7, 11) is 0. The van der Waals surface area contributed by atoms with Crippen molar-refractivity contribution in [1.29, 1.82) is 0 Å². The molecular weight excluding hydrogens is 596 g/mol.